The molecule has 4 nitrogen and oxygen atoms in total. The average Bonchev–Trinajstić information content (AvgIpc) is 2.27. The highest BCUT2D eigenvalue weighted by atomic mass is 19.1. The average molecular weight is 247 g/mol. The first-order valence-electron chi connectivity index (χ1n) is 5.64. The van der Waals surface area contributed by atoms with Crippen molar-refractivity contribution in [3.8, 4) is 17.1 Å². The van der Waals surface area contributed by atoms with E-state index in [1.54, 1.807) is 0 Å². The van der Waals surface area contributed by atoms with Gasteiger partial charge in [0, 0.05) is 22.9 Å². The molecule has 0 saturated carbocycles. The molecular formula is C13H14FN3O. The fourth-order valence-corrected chi connectivity index (χ4v) is 1.89. The van der Waals surface area contributed by atoms with E-state index in [2.05, 4.69) is 9.97 Å². The highest BCUT2D eigenvalue weighted by Gasteiger charge is 2.10. The number of halogens is 1. The van der Waals surface area contributed by atoms with Crippen molar-refractivity contribution in [3.63, 3.8) is 0 Å². The van der Waals surface area contributed by atoms with Gasteiger partial charge in [0.25, 0.3) is 0 Å². The standard InChI is InChI=1S/C13H14FN3O/c1-3-11-7(2)16-13(17-12(11)15)8-4-9(14)6-10(18)5-8/h4-6,18H,3H2,1-2H3,(H2,15,16,17). The lowest BCUT2D eigenvalue weighted by Gasteiger charge is -2.09. The Bertz CT molecular complexity index is 556. The van der Waals surface area contributed by atoms with Crippen LogP contribution in [0.1, 0.15) is 18.2 Å². The zero-order valence-electron chi connectivity index (χ0n) is 10.2. The van der Waals surface area contributed by atoms with Crippen LogP contribution in [0, 0.1) is 12.7 Å². The van der Waals surface area contributed by atoms with E-state index in [1.165, 1.54) is 12.1 Å². The molecule has 2 rings (SSSR count). The van der Waals surface area contributed by atoms with Gasteiger partial charge in [-0.3, -0.25) is 0 Å². The van der Waals surface area contributed by atoms with Crippen molar-refractivity contribution in [1.82, 2.24) is 9.97 Å². The van der Waals surface area contributed by atoms with Gasteiger partial charge in [0.15, 0.2) is 5.82 Å². The summed E-state index contributed by atoms with van der Waals surface area (Å²) in [4.78, 5) is 8.43. The molecule has 0 amide bonds. The summed E-state index contributed by atoms with van der Waals surface area (Å²) < 4.78 is 13.2. The number of aromatic hydroxyl groups is 1. The van der Waals surface area contributed by atoms with E-state index >= 15 is 0 Å². The van der Waals surface area contributed by atoms with Crippen LogP contribution < -0.4 is 5.73 Å². The molecule has 3 N–H and O–H groups in total. The van der Waals surface area contributed by atoms with Crippen LogP contribution in [0.3, 0.4) is 0 Å². The molecule has 0 fully saturated rings. The normalized spacial score (nSPS) is 10.6. The second kappa shape index (κ2) is 4.60. The minimum Gasteiger partial charge on any atom is -0.508 e. The molecule has 0 aliphatic carbocycles. The fraction of sp³-hybridized carbons (Fsp3) is 0.231. The Morgan fingerprint density at radius 2 is 2.00 bits per heavy atom. The van der Waals surface area contributed by atoms with Crippen molar-refractivity contribution >= 4 is 5.82 Å². The van der Waals surface area contributed by atoms with Crippen LogP contribution in [0.15, 0.2) is 18.2 Å². The maximum absolute atomic E-state index is 13.2. The van der Waals surface area contributed by atoms with Gasteiger partial charge in [-0.05, 0) is 25.5 Å². The predicted octanol–water partition coefficient (Wildman–Crippen LogP) is 2.44. The summed E-state index contributed by atoms with van der Waals surface area (Å²) >= 11 is 0. The lowest BCUT2D eigenvalue weighted by molar-refractivity contribution is 0.469. The Kier molecular flexibility index (Phi) is 3.14. The second-order valence-corrected chi connectivity index (χ2v) is 4.05. The molecule has 1 aromatic carbocycles. The predicted molar refractivity (Wildman–Crippen MR) is 67.6 cm³/mol. The van der Waals surface area contributed by atoms with E-state index in [9.17, 15) is 9.50 Å². The topological polar surface area (TPSA) is 72.0 Å². The minimum atomic E-state index is -0.538. The van der Waals surface area contributed by atoms with Gasteiger partial charge in [0.1, 0.15) is 17.4 Å². The summed E-state index contributed by atoms with van der Waals surface area (Å²) in [6.07, 6.45) is 0.742. The van der Waals surface area contributed by atoms with Crippen LogP contribution in [-0.2, 0) is 6.42 Å². The molecule has 94 valence electrons. The summed E-state index contributed by atoms with van der Waals surface area (Å²) in [5.74, 6) is 0.00883. The SMILES string of the molecule is CCc1c(C)nc(-c2cc(O)cc(F)c2)nc1N. The second-order valence-electron chi connectivity index (χ2n) is 4.05. The maximum atomic E-state index is 13.2. The van der Waals surface area contributed by atoms with Crippen LogP contribution in [0.2, 0.25) is 0 Å². The van der Waals surface area contributed by atoms with E-state index < -0.39 is 5.82 Å². The molecule has 0 radical (unpaired) electrons. The van der Waals surface area contributed by atoms with Crippen LogP contribution in [0.4, 0.5) is 10.2 Å². The molecule has 0 atom stereocenters. The Morgan fingerprint density at radius 3 is 2.56 bits per heavy atom. The number of phenols is 1. The number of aromatic nitrogens is 2. The van der Waals surface area contributed by atoms with Crippen LogP contribution in [0.25, 0.3) is 11.4 Å². The van der Waals surface area contributed by atoms with E-state index in [0.717, 1.165) is 23.7 Å². The Morgan fingerprint density at radius 1 is 1.28 bits per heavy atom. The molecule has 2 aromatic rings. The summed E-state index contributed by atoms with van der Waals surface area (Å²) in [6, 6.07) is 3.70. The van der Waals surface area contributed by atoms with Gasteiger partial charge in [0.2, 0.25) is 0 Å². The smallest absolute Gasteiger partial charge is 0.161 e. The molecule has 0 aliphatic rings. The summed E-state index contributed by atoms with van der Waals surface area (Å²) in [5, 5.41) is 9.37. The molecule has 0 aliphatic heterocycles. The molecule has 1 aromatic heterocycles. The first-order valence-corrected chi connectivity index (χ1v) is 5.64. The molecule has 1 heterocycles. The quantitative estimate of drug-likeness (QED) is 0.855. The molecule has 5 heteroatoms. The number of nitrogens with zero attached hydrogens (tertiary/aromatic N) is 2. The monoisotopic (exact) mass is 247 g/mol. The number of hydrogen-bond acceptors (Lipinski definition) is 4. The zero-order valence-corrected chi connectivity index (χ0v) is 10.2. The van der Waals surface area contributed by atoms with Gasteiger partial charge in [-0.25, -0.2) is 14.4 Å². The lowest BCUT2D eigenvalue weighted by atomic mass is 10.1. The number of nitrogen functional groups attached to an aromatic ring is 1. The number of rotatable bonds is 2. The molecular weight excluding hydrogens is 233 g/mol. The molecule has 0 unspecified atom stereocenters. The Labute approximate surface area is 104 Å². The van der Waals surface area contributed by atoms with E-state index in [1.807, 2.05) is 13.8 Å². The molecule has 0 saturated heterocycles. The van der Waals surface area contributed by atoms with Crippen molar-refractivity contribution in [2.24, 2.45) is 0 Å². The number of phenolic OH excluding ortho intramolecular Hbond substituents is 1. The lowest BCUT2D eigenvalue weighted by Crippen LogP contribution is -2.04. The van der Waals surface area contributed by atoms with E-state index in [-0.39, 0.29) is 5.75 Å². The van der Waals surface area contributed by atoms with Gasteiger partial charge in [-0.2, -0.15) is 0 Å². The van der Waals surface area contributed by atoms with Crippen molar-refractivity contribution in [1.29, 1.82) is 0 Å². The highest BCUT2D eigenvalue weighted by Crippen LogP contribution is 2.24. The Balaban J connectivity index is 2.58. The number of nitrogens with two attached hydrogens (primary N) is 1. The number of aryl methyl sites for hydroxylation is 1. The minimum absolute atomic E-state index is 0.163. The highest BCUT2D eigenvalue weighted by molar-refractivity contribution is 5.60. The van der Waals surface area contributed by atoms with Gasteiger partial charge in [-0.15, -0.1) is 0 Å². The van der Waals surface area contributed by atoms with Gasteiger partial charge < -0.3 is 10.8 Å². The third-order valence-corrected chi connectivity index (χ3v) is 2.74. The Hall–Kier alpha value is -2.17. The van der Waals surface area contributed by atoms with Crippen molar-refractivity contribution in [2.45, 2.75) is 20.3 Å². The third kappa shape index (κ3) is 2.25. The van der Waals surface area contributed by atoms with Gasteiger partial charge in [0.05, 0.1) is 0 Å². The summed E-state index contributed by atoms with van der Waals surface area (Å²) in [6.45, 7) is 3.80. The van der Waals surface area contributed by atoms with Crippen LogP contribution >= 0.6 is 0 Å². The zero-order chi connectivity index (χ0) is 13.3. The van der Waals surface area contributed by atoms with E-state index in [0.29, 0.717) is 17.2 Å². The molecule has 0 spiro atoms. The summed E-state index contributed by atoms with van der Waals surface area (Å²) in [5.41, 5.74) is 7.90. The van der Waals surface area contributed by atoms with E-state index in [4.69, 9.17) is 5.73 Å². The van der Waals surface area contributed by atoms with Crippen molar-refractivity contribution < 1.29 is 9.50 Å². The molecule has 0 bridgehead atoms. The van der Waals surface area contributed by atoms with Crippen molar-refractivity contribution in [3.05, 3.63) is 35.3 Å². The maximum Gasteiger partial charge on any atom is 0.161 e. The fourth-order valence-electron chi connectivity index (χ4n) is 1.89. The van der Waals surface area contributed by atoms with Crippen LogP contribution in [-0.4, -0.2) is 15.1 Å². The largest absolute Gasteiger partial charge is 0.508 e. The van der Waals surface area contributed by atoms with Crippen LogP contribution in [0.5, 0.6) is 5.75 Å². The number of benzene rings is 1. The van der Waals surface area contributed by atoms with Gasteiger partial charge in [-0.1, -0.05) is 6.92 Å². The van der Waals surface area contributed by atoms with Gasteiger partial charge >= 0.3 is 0 Å². The number of hydrogen-bond donors (Lipinski definition) is 2. The first kappa shape index (κ1) is 12.3. The molecule has 18 heavy (non-hydrogen) atoms. The number of anilines is 1. The summed E-state index contributed by atoms with van der Waals surface area (Å²) in [7, 11) is 0. The third-order valence-electron chi connectivity index (χ3n) is 2.74. The van der Waals surface area contributed by atoms with Crippen molar-refractivity contribution in [2.75, 3.05) is 5.73 Å². The first-order chi connectivity index (χ1) is 8.51.